The molecule has 2 aromatic rings. The molecule has 27 heavy (non-hydrogen) atoms. The largest absolute Gasteiger partial charge is 0.465 e. The van der Waals surface area contributed by atoms with Crippen molar-refractivity contribution in [1.29, 1.82) is 0 Å². The summed E-state index contributed by atoms with van der Waals surface area (Å²) in [4.78, 5) is 25.8. The minimum Gasteiger partial charge on any atom is -0.465 e. The van der Waals surface area contributed by atoms with Crippen molar-refractivity contribution in [3.63, 3.8) is 0 Å². The summed E-state index contributed by atoms with van der Waals surface area (Å²) in [6.07, 6.45) is 3.88. The normalized spacial score (nSPS) is 20.2. The van der Waals surface area contributed by atoms with E-state index in [1.54, 1.807) is 13.8 Å². The van der Waals surface area contributed by atoms with Gasteiger partial charge in [-0.3, -0.25) is 9.59 Å². The average Bonchev–Trinajstić information content (AvgIpc) is 3.38. The highest BCUT2D eigenvalue weighted by Crippen LogP contribution is 2.67. The summed E-state index contributed by atoms with van der Waals surface area (Å²) in [5.41, 5.74) is 0.623. The molecule has 0 spiro atoms. The van der Waals surface area contributed by atoms with E-state index in [1.165, 1.54) is 0 Å². The number of carbonyl (C=O) groups is 2. The van der Waals surface area contributed by atoms with Crippen LogP contribution in [0.4, 0.5) is 0 Å². The second-order valence-electron chi connectivity index (χ2n) is 6.49. The van der Waals surface area contributed by atoms with Gasteiger partial charge in [0.25, 0.3) is 0 Å². The zero-order chi connectivity index (χ0) is 19.3. The lowest BCUT2D eigenvalue weighted by Gasteiger charge is -2.15. The van der Waals surface area contributed by atoms with Crippen LogP contribution < -0.4 is 0 Å². The summed E-state index contributed by atoms with van der Waals surface area (Å²) in [5.74, 6) is -1.63. The molecule has 0 N–H and O–H groups in total. The molecule has 0 aromatic heterocycles. The molecule has 0 bridgehead atoms. The van der Waals surface area contributed by atoms with Crippen molar-refractivity contribution in [3.8, 4) is 0 Å². The second kappa shape index (κ2) is 8.21. The molecule has 0 aliphatic heterocycles. The van der Waals surface area contributed by atoms with Gasteiger partial charge < -0.3 is 9.47 Å². The van der Waals surface area contributed by atoms with Crippen molar-refractivity contribution >= 4 is 18.0 Å². The van der Waals surface area contributed by atoms with E-state index in [9.17, 15) is 9.59 Å². The quantitative estimate of drug-likeness (QED) is 0.545. The van der Waals surface area contributed by atoms with Gasteiger partial charge in [-0.05, 0) is 25.0 Å². The molecule has 3 rings (SSSR count). The summed E-state index contributed by atoms with van der Waals surface area (Å²) in [6.45, 7) is 3.92. The summed E-state index contributed by atoms with van der Waals surface area (Å²) in [6, 6.07) is 19.4. The van der Waals surface area contributed by atoms with Gasteiger partial charge in [0, 0.05) is 11.8 Å². The van der Waals surface area contributed by atoms with Crippen molar-refractivity contribution in [2.75, 3.05) is 13.2 Å². The number of allylic oxidation sites excluding steroid dienone is 1. The standard InChI is InChI=1S/C23H24O4/c1-3-26-21(24)23(22(25)27-4-2)19(16-15-17-11-7-5-8-12-17)20(23)18-13-9-6-10-14-18/h5-16,19-20H,3-4H2,1-2H3/b16-15+. The van der Waals surface area contributed by atoms with E-state index in [1.807, 2.05) is 72.8 Å². The third kappa shape index (κ3) is 3.52. The Hall–Kier alpha value is -2.88. The number of hydrogen-bond acceptors (Lipinski definition) is 4. The Labute approximate surface area is 159 Å². The van der Waals surface area contributed by atoms with Crippen molar-refractivity contribution in [3.05, 3.63) is 77.9 Å². The third-order valence-corrected chi connectivity index (χ3v) is 4.95. The first-order valence-corrected chi connectivity index (χ1v) is 9.28. The van der Waals surface area contributed by atoms with Crippen LogP contribution in [0.5, 0.6) is 0 Å². The summed E-state index contributed by atoms with van der Waals surface area (Å²) < 4.78 is 10.6. The second-order valence-corrected chi connectivity index (χ2v) is 6.49. The predicted octanol–water partition coefficient (Wildman–Crippen LogP) is 4.23. The minimum atomic E-state index is -1.32. The van der Waals surface area contributed by atoms with Crippen LogP contribution in [0.1, 0.15) is 30.9 Å². The Morgan fingerprint density at radius 2 is 1.41 bits per heavy atom. The molecule has 0 heterocycles. The van der Waals surface area contributed by atoms with Crippen LogP contribution in [-0.4, -0.2) is 25.2 Å². The Bertz CT molecular complexity index is 793. The topological polar surface area (TPSA) is 52.6 Å². The monoisotopic (exact) mass is 364 g/mol. The fourth-order valence-electron chi connectivity index (χ4n) is 3.70. The molecule has 4 nitrogen and oxygen atoms in total. The maximum absolute atomic E-state index is 12.9. The first kappa shape index (κ1) is 18.9. The van der Waals surface area contributed by atoms with E-state index < -0.39 is 17.4 Å². The van der Waals surface area contributed by atoms with Gasteiger partial charge in [0.05, 0.1) is 13.2 Å². The number of rotatable bonds is 7. The Morgan fingerprint density at radius 1 is 0.889 bits per heavy atom. The Kier molecular flexibility index (Phi) is 5.75. The fourth-order valence-corrected chi connectivity index (χ4v) is 3.70. The van der Waals surface area contributed by atoms with E-state index in [0.29, 0.717) is 0 Å². The predicted molar refractivity (Wildman–Crippen MR) is 104 cm³/mol. The number of ether oxygens (including phenoxy) is 2. The van der Waals surface area contributed by atoms with Gasteiger partial charge in [-0.25, -0.2) is 0 Å². The zero-order valence-corrected chi connectivity index (χ0v) is 15.6. The van der Waals surface area contributed by atoms with E-state index in [-0.39, 0.29) is 25.0 Å². The molecule has 1 aliphatic carbocycles. The van der Waals surface area contributed by atoms with Crippen molar-refractivity contribution in [2.24, 2.45) is 11.3 Å². The molecule has 0 saturated heterocycles. The number of esters is 2. The van der Waals surface area contributed by atoms with Crippen LogP contribution in [0.25, 0.3) is 6.08 Å². The molecule has 4 heteroatoms. The lowest BCUT2D eigenvalue weighted by atomic mass is 9.98. The van der Waals surface area contributed by atoms with Gasteiger partial charge in [-0.2, -0.15) is 0 Å². The van der Waals surface area contributed by atoms with Gasteiger partial charge >= 0.3 is 11.9 Å². The van der Waals surface area contributed by atoms with Gasteiger partial charge in [-0.1, -0.05) is 72.8 Å². The Morgan fingerprint density at radius 3 is 1.93 bits per heavy atom. The molecule has 1 fully saturated rings. The van der Waals surface area contributed by atoms with E-state index >= 15 is 0 Å². The molecule has 0 amide bonds. The summed E-state index contributed by atoms with van der Waals surface area (Å²) >= 11 is 0. The van der Waals surface area contributed by atoms with Crippen molar-refractivity contribution in [1.82, 2.24) is 0 Å². The van der Waals surface area contributed by atoms with Gasteiger partial charge in [0.2, 0.25) is 0 Å². The smallest absolute Gasteiger partial charge is 0.324 e. The van der Waals surface area contributed by atoms with Crippen LogP contribution in [-0.2, 0) is 19.1 Å². The molecule has 2 aromatic carbocycles. The third-order valence-electron chi connectivity index (χ3n) is 4.95. The highest BCUT2D eigenvalue weighted by molar-refractivity contribution is 6.06. The highest BCUT2D eigenvalue weighted by Gasteiger charge is 2.75. The highest BCUT2D eigenvalue weighted by atomic mass is 16.6. The maximum atomic E-state index is 12.9. The fraction of sp³-hybridized carbons (Fsp3) is 0.304. The average molecular weight is 364 g/mol. The van der Waals surface area contributed by atoms with E-state index in [4.69, 9.17) is 9.47 Å². The molecule has 140 valence electrons. The lowest BCUT2D eigenvalue weighted by molar-refractivity contribution is -0.165. The summed E-state index contributed by atoms with van der Waals surface area (Å²) in [5, 5.41) is 0. The van der Waals surface area contributed by atoms with Gasteiger partial charge in [0.1, 0.15) is 0 Å². The molecule has 1 aliphatic rings. The molecule has 0 radical (unpaired) electrons. The van der Waals surface area contributed by atoms with Gasteiger partial charge in [0.15, 0.2) is 5.41 Å². The van der Waals surface area contributed by atoms with Crippen molar-refractivity contribution in [2.45, 2.75) is 19.8 Å². The van der Waals surface area contributed by atoms with Crippen LogP contribution in [0.3, 0.4) is 0 Å². The lowest BCUT2D eigenvalue weighted by Crippen LogP contribution is -2.33. The van der Waals surface area contributed by atoms with Crippen molar-refractivity contribution < 1.29 is 19.1 Å². The molecule has 2 atom stereocenters. The maximum Gasteiger partial charge on any atom is 0.324 e. The molecular formula is C23H24O4. The van der Waals surface area contributed by atoms with Crippen LogP contribution >= 0.6 is 0 Å². The summed E-state index contributed by atoms with van der Waals surface area (Å²) in [7, 11) is 0. The minimum absolute atomic E-state index is 0.219. The van der Waals surface area contributed by atoms with Crippen LogP contribution in [0.15, 0.2) is 66.7 Å². The number of hydrogen-bond donors (Lipinski definition) is 0. The zero-order valence-electron chi connectivity index (χ0n) is 15.6. The number of benzene rings is 2. The SMILES string of the molecule is CCOC(=O)C1(C(=O)OCC)C(/C=C/c2ccccc2)C1c1ccccc1. The molecule has 1 saturated carbocycles. The van der Waals surface area contributed by atoms with E-state index in [0.717, 1.165) is 11.1 Å². The first-order chi connectivity index (χ1) is 13.2. The first-order valence-electron chi connectivity index (χ1n) is 9.28. The van der Waals surface area contributed by atoms with Crippen LogP contribution in [0.2, 0.25) is 0 Å². The van der Waals surface area contributed by atoms with Gasteiger partial charge in [-0.15, -0.1) is 0 Å². The molecular weight excluding hydrogens is 340 g/mol. The Balaban J connectivity index is 2.01. The van der Waals surface area contributed by atoms with Crippen LogP contribution in [0, 0.1) is 11.3 Å². The number of carbonyl (C=O) groups excluding carboxylic acids is 2. The molecule has 2 unspecified atom stereocenters. The van der Waals surface area contributed by atoms with E-state index in [2.05, 4.69) is 0 Å².